The molecule has 3 nitrogen and oxygen atoms in total. The van der Waals surface area contributed by atoms with E-state index in [9.17, 15) is 0 Å². The molecule has 1 aromatic rings. The Morgan fingerprint density at radius 1 is 1.12 bits per heavy atom. The molecular weight excluding hydrogens is 266 g/mol. The molecule has 1 aromatic heterocycles. The third kappa shape index (κ3) is 2.88. The van der Waals surface area contributed by atoms with Crippen LogP contribution in [0.15, 0.2) is 16.7 Å². The van der Waals surface area contributed by atoms with Gasteiger partial charge in [0.25, 0.3) is 0 Å². The lowest BCUT2D eigenvalue weighted by Gasteiger charge is -2.26. The molecule has 0 amide bonds. The molecule has 4 heteroatoms. The van der Waals surface area contributed by atoms with Gasteiger partial charge in [0.2, 0.25) is 0 Å². The fourth-order valence-electron chi connectivity index (χ4n) is 2.14. The highest BCUT2D eigenvalue weighted by Crippen LogP contribution is 2.27. The Labute approximate surface area is 105 Å². The summed E-state index contributed by atoms with van der Waals surface area (Å²) in [7, 11) is 0. The molecule has 0 saturated carbocycles. The maximum absolute atomic E-state index is 5.70. The molecule has 0 aliphatic carbocycles. The second-order valence-electron chi connectivity index (χ2n) is 4.33. The Bertz CT molecular complexity index is 346. The predicted octanol–water partition coefficient (Wildman–Crippen LogP) is 3.20. The second kappa shape index (κ2) is 5.53. The van der Waals surface area contributed by atoms with Crippen molar-refractivity contribution in [2.75, 3.05) is 23.7 Å². The van der Waals surface area contributed by atoms with Crippen LogP contribution in [0.25, 0.3) is 0 Å². The predicted molar refractivity (Wildman–Crippen MR) is 71.6 cm³/mol. The SMILES string of the molecule is Nc1cnc(N2CCCCCCC2)c(Br)c1. The number of nitrogens with zero attached hydrogens (tertiary/aromatic N) is 2. The van der Waals surface area contributed by atoms with E-state index >= 15 is 0 Å². The van der Waals surface area contributed by atoms with Gasteiger partial charge in [-0.05, 0) is 34.8 Å². The summed E-state index contributed by atoms with van der Waals surface area (Å²) < 4.78 is 1.01. The Morgan fingerprint density at radius 2 is 1.75 bits per heavy atom. The Hall–Kier alpha value is -0.770. The van der Waals surface area contributed by atoms with Gasteiger partial charge in [-0.15, -0.1) is 0 Å². The summed E-state index contributed by atoms with van der Waals surface area (Å²) in [6, 6.07) is 1.93. The van der Waals surface area contributed by atoms with E-state index in [1.54, 1.807) is 6.20 Å². The van der Waals surface area contributed by atoms with Crippen molar-refractivity contribution >= 4 is 27.4 Å². The summed E-state index contributed by atoms with van der Waals surface area (Å²) in [6.07, 6.45) is 8.31. The van der Waals surface area contributed by atoms with Gasteiger partial charge in [0.1, 0.15) is 5.82 Å². The molecule has 0 radical (unpaired) electrons. The normalized spacial score (nSPS) is 17.9. The van der Waals surface area contributed by atoms with Crippen molar-refractivity contribution in [1.82, 2.24) is 4.98 Å². The van der Waals surface area contributed by atoms with Crippen LogP contribution in [0.2, 0.25) is 0 Å². The summed E-state index contributed by atoms with van der Waals surface area (Å²) in [4.78, 5) is 6.79. The number of hydrogen-bond donors (Lipinski definition) is 1. The van der Waals surface area contributed by atoms with Crippen LogP contribution >= 0.6 is 15.9 Å². The highest BCUT2D eigenvalue weighted by Gasteiger charge is 2.13. The van der Waals surface area contributed by atoms with Crippen molar-refractivity contribution in [1.29, 1.82) is 0 Å². The largest absolute Gasteiger partial charge is 0.397 e. The molecule has 2 heterocycles. The lowest BCUT2D eigenvalue weighted by molar-refractivity contribution is 0.553. The van der Waals surface area contributed by atoms with Gasteiger partial charge in [-0.25, -0.2) is 4.98 Å². The number of nitrogen functional groups attached to an aromatic ring is 1. The monoisotopic (exact) mass is 283 g/mol. The first-order valence-corrected chi connectivity index (χ1v) is 6.72. The van der Waals surface area contributed by atoms with E-state index in [1.165, 1.54) is 32.1 Å². The summed E-state index contributed by atoms with van der Waals surface area (Å²) in [6.45, 7) is 2.21. The van der Waals surface area contributed by atoms with Crippen LogP contribution in [0.1, 0.15) is 32.1 Å². The van der Waals surface area contributed by atoms with E-state index in [-0.39, 0.29) is 0 Å². The standard InChI is InChI=1S/C12H18BrN3/c13-11-8-10(14)9-15-12(11)16-6-4-2-1-3-5-7-16/h8-9H,1-7,14H2. The Morgan fingerprint density at radius 3 is 2.38 bits per heavy atom. The first-order chi connectivity index (χ1) is 7.77. The zero-order valence-electron chi connectivity index (χ0n) is 9.45. The minimum Gasteiger partial charge on any atom is -0.397 e. The number of aromatic nitrogens is 1. The van der Waals surface area contributed by atoms with Crippen molar-refractivity contribution in [2.45, 2.75) is 32.1 Å². The summed E-state index contributed by atoms with van der Waals surface area (Å²) in [5.74, 6) is 1.04. The third-order valence-corrected chi connectivity index (χ3v) is 3.58. The number of nitrogens with two attached hydrogens (primary N) is 1. The van der Waals surface area contributed by atoms with Crippen molar-refractivity contribution in [2.24, 2.45) is 0 Å². The van der Waals surface area contributed by atoms with E-state index in [0.717, 1.165) is 23.4 Å². The number of rotatable bonds is 1. The van der Waals surface area contributed by atoms with Crippen LogP contribution < -0.4 is 10.6 Å². The van der Waals surface area contributed by atoms with Crippen LogP contribution in [-0.4, -0.2) is 18.1 Å². The van der Waals surface area contributed by atoms with Gasteiger partial charge < -0.3 is 10.6 Å². The van der Waals surface area contributed by atoms with Crippen LogP contribution in [-0.2, 0) is 0 Å². The number of pyridine rings is 1. The molecule has 2 rings (SSSR count). The van der Waals surface area contributed by atoms with E-state index < -0.39 is 0 Å². The molecule has 0 unspecified atom stereocenters. The van der Waals surface area contributed by atoms with Gasteiger partial charge in [0.05, 0.1) is 16.4 Å². The second-order valence-corrected chi connectivity index (χ2v) is 5.18. The summed E-state index contributed by atoms with van der Waals surface area (Å²) in [5, 5.41) is 0. The Kier molecular flexibility index (Phi) is 4.04. The van der Waals surface area contributed by atoms with Crippen molar-refractivity contribution < 1.29 is 0 Å². The van der Waals surface area contributed by atoms with Crippen LogP contribution in [0.3, 0.4) is 0 Å². The molecule has 0 bridgehead atoms. The van der Waals surface area contributed by atoms with Gasteiger partial charge in [-0.3, -0.25) is 0 Å². The minimum absolute atomic E-state index is 0.711. The molecule has 16 heavy (non-hydrogen) atoms. The first-order valence-electron chi connectivity index (χ1n) is 5.93. The lowest BCUT2D eigenvalue weighted by Crippen LogP contribution is -2.28. The lowest BCUT2D eigenvalue weighted by atomic mass is 10.1. The quantitative estimate of drug-likeness (QED) is 0.861. The molecule has 2 N–H and O–H groups in total. The van der Waals surface area contributed by atoms with E-state index in [1.807, 2.05) is 6.07 Å². The fraction of sp³-hybridized carbons (Fsp3) is 0.583. The van der Waals surface area contributed by atoms with Gasteiger partial charge in [0, 0.05) is 13.1 Å². The van der Waals surface area contributed by atoms with Gasteiger partial charge in [0.15, 0.2) is 0 Å². The average Bonchev–Trinajstić information content (AvgIpc) is 2.19. The highest BCUT2D eigenvalue weighted by molar-refractivity contribution is 9.10. The maximum Gasteiger partial charge on any atom is 0.143 e. The number of hydrogen-bond acceptors (Lipinski definition) is 3. The number of halogens is 1. The van der Waals surface area contributed by atoms with Crippen LogP contribution in [0, 0.1) is 0 Å². The molecule has 88 valence electrons. The van der Waals surface area contributed by atoms with E-state index in [2.05, 4.69) is 25.8 Å². The first kappa shape index (κ1) is 11.7. The number of anilines is 2. The van der Waals surface area contributed by atoms with Gasteiger partial charge in [-0.2, -0.15) is 0 Å². The van der Waals surface area contributed by atoms with Crippen LogP contribution in [0.5, 0.6) is 0 Å². The molecule has 0 spiro atoms. The van der Waals surface area contributed by atoms with Crippen molar-refractivity contribution in [3.63, 3.8) is 0 Å². The summed E-state index contributed by atoms with van der Waals surface area (Å²) >= 11 is 3.54. The molecule has 0 atom stereocenters. The highest BCUT2D eigenvalue weighted by atomic mass is 79.9. The van der Waals surface area contributed by atoms with Gasteiger partial charge in [-0.1, -0.05) is 19.3 Å². The smallest absolute Gasteiger partial charge is 0.143 e. The van der Waals surface area contributed by atoms with Crippen molar-refractivity contribution in [3.8, 4) is 0 Å². The molecular formula is C12H18BrN3. The zero-order valence-corrected chi connectivity index (χ0v) is 11.0. The summed E-state index contributed by atoms with van der Waals surface area (Å²) in [5.41, 5.74) is 6.41. The van der Waals surface area contributed by atoms with Gasteiger partial charge >= 0.3 is 0 Å². The third-order valence-electron chi connectivity index (χ3n) is 3.00. The van der Waals surface area contributed by atoms with Crippen molar-refractivity contribution in [3.05, 3.63) is 16.7 Å². The minimum atomic E-state index is 0.711. The van der Waals surface area contributed by atoms with Crippen LogP contribution in [0.4, 0.5) is 11.5 Å². The topological polar surface area (TPSA) is 42.1 Å². The van der Waals surface area contributed by atoms with E-state index in [4.69, 9.17) is 5.73 Å². The Balaban J connectivity index is 2.14. The molecule has 1 saturated heterocycles. The maximum atomic E-state index is 5.70. The molecule has 1 aliphatic rings. The molecule has 1 fully saturated rings. The average molecular weight is 284 g/mol. The van der Waals surface area contributed by atoms with E-state index in [0.29, 0.717) is 5.69 Å². The molecule has 1 aliphatic heterocycles. The fourth-order valence-corrected chi connectivity index (χ4v) is 2.75. The zero-order chi connectivity index (χ0) is 11.4. The molecule has 0 aromatic carbocycles.